The first-order valence-electron chi connectivity index (χ1n) is 5.57. The van der Waals surface area contributed by atoms with Crippen LogP contribution in [0.4, 0.5) is 5.69 Å². The molecule has 0 radical (unpaired) electrons. The van der Waals surface area contributed by atoms with E-state index in [4.69, 9.17) is 4.74 Å². The lowest BCUT2D eigenvalue weighted by Gasteiger charge is -2.31. The molecule has 5 nitrogen and oxygen atoms in total. The molecule has 2 rings (SSSR count). The van der Waals surface area contributed by atoms with E-state index < -0.39 is 10.9 Å². The Hall–Kier alpha value is -1.36. The summed E-state index contributed by atoms with van der Waals surface area (Å²) >= 11 is 0. The number of hydrogen-bond acceptors (Lipinski definition) is 5. The molecular weight excluding hydrogens is 208 g/mol. The number of rotatable bonds is 3. The van der Waals surface area contributed by atoms with Crippen LogP contribution in [0.1, 0.15) is 13.8 Å². The van der Waals surface area contributed by atoms with Crippen LogP contribution in [0.5, 0.6) is 5.75 Å². The zero-order valence-electron chi connectivity index (χ0n) is 9.58. The van der Waals surface area contributed by atoms with Crippen molar-refractivity contribution in [3.8, 4) is 5.75 Å². The van der Waals surface area contributed by atoms with Crippen LogP contribution in [0, 0.1) is 0 Å². The summed E-state index contributed by atoms with van der Waals surface area (Å²) in [6.45, 7) is 6.86. The van der Waals surface area contributed by atoms with Gasteiger partial charge in [0, 0.05) is 26.2 Å². The molecule has 16 heavy (non-hydrogen) atoms. The van der Waals surface area contributed by atoms with E-state index in [0.717, 1.165) is 26.2 Å². The molecule has 1 saturated heterocycles. The highest BCUT2D eigenvalue weighted by atomic mass is 16.5. The van der Waals surface area contributed by atoms with E-state index >= 15 is 0 Å². The van der Waals surface area contributed by atoms with E-state index in [9.17, 15) is 9.59 Å². The van der Waals surface area contributed by atoms with Crippen molar-refractivity contribution in [2.75, 3.05) is 31.1 Å². The Morgan fingerprint density at radius 2 is 1.81 bits per heavy atom. The Labute approximate surface area is 93.7 Å². The van der Waals surface area contributed by atoms with Gasteiger partial charge in [-0.25, -0.2) is 0 Å². The maximum Gasteiger partial charge on any atom is 0.272 e. The van der Waals surface area contributed by atoms with Crippen molar-refractivity contribution in [2.24, 2.45) is 0 Å². The summed E-state index contributed by atoms with van der Waals surface area (Å²) in [6, 6.07) is 0. The predicted molar refractivity (Wildman–Crippen MR) is 62.2 cm³/mol. The average Bonchev–Trinajstić information content (AvgIpc) is 2.29. The van der Waals surface area contributed by atoms with Crippen molar-refractivity contribution in [3.63, 3.8) is 0 Å². The van der Waals surface area contributed by atoms with E-state index in [0.29, 0.717) is 5.69 Å². The second kappa shape index (κ2) is 4.25. The van der Waals surface area contributed by atoms with Crippen LogP contribution in [0.15, 0.2) is 9.59 Å². The van der Waals surface area contributed by atoms with E-state index in [1.807, 2.05) is 18.7 Å². The number of piperazine rings is 1. The summed E-state index contributed by atoms with van der Waals surface area (Å²) in [4.78, 5) is 24.8. The SMILES string of the molecule is CC(C)Oc1c(N2CCNCC2)c(=O)c1=O. The van der Waals surface area contributed by atoms with Gasteiger partial charge in [0.2, 0.25) is 0 Å². The van der Waals surface area contributed by atoms with E-state index in [2.05, 4.69) is 5.32 Å². The van der Waals surface area contributed by atoms with Gasteiger partial charge in [-0.2, -0.15) is 0 Å². The van der Waals surface area contributed by atoms with Crippen molar-refractivity contribution in [1.82, 2.24) is 5.32 Å². The number of ether oxygens (including phenoxy) is 1. The first kappa shape index (κ1) is 11.1. The van der Waals surface area contributed by atoms with Crippen molar-refractivity contribution in [2.45, 2.75) is 20.0 Å². The van der Waals surface area contributed by atoms with Gasteiger partial charge >= 0.3 is 0 Å². The van der Waals surface area contributed by atoms with Gasteiger partial charge in [0.05, 0.1) is 6.10 Å². The minimum atomic E-state index is -0.484. The molecule has 0 amide bonds. The first-order chi connectivity index (χ1) is 7.61. The van der Waals surface area contributed by atoms with Gasteiger partial charge in [-0.1, -0.05) is 0 Å². The van der Waals surface area contributed by atoms with Crippen LogP contribution in [0.2, 0.25) is 0 Å². The third kappa shape index (κ3) is 1.82. The van der Waals surface area contributed by atoms with Crippen LogP contribution in [0.3, 0.4) is 0 Å². The summed E-state index contributed by atoms with van der Waals surface area (Å²) in [6.07, 6.45) is -0.0787. The Bertz CT molecular complexity index is 440. The normalized spacial score (nSPS) is 17.1. The van der Waals surface area contributed by atoms with Crippen LogP contribution < -0.4 is 25.8 Å². The lowest BCUT2D eigenvalue weighted by Crippen LogP contribution is -2.49. The molecule has 1 aromatic rings. The fourth-order valence-electron chi connectivity index (χ4n) is 1.88. The van der Waals surface area contributed by atoms with Gasteiger partial charge in [0.1, 0.15) is 5.69 Å². The smallest absolute Gasteiger partial charge is 0.272 e. The topological polar surface area (TPSA) is 58.6 Å². The summed E-state index contributed by atoms with van der Waals surface area (Å²) in [5, 5.41) is 3.20. The molecule has 0 aromatic heterocycles. The average molecular weight is 224 g/mol. The molecule has 0 saturated carbocycles. The quantitative estimate of drug-likeness (QED) is 0.700. The summed E-state index contributed by atoms with van der Waals surface area (Å²) in [7, 11) is 0. The van der Waals surface area contributed by atoms with Crippen molar-refractivity contribution in [3.05, 3.63) is 20.4 Å². The Morgan fingerprint density at radius 1 is 1.19 bits per heavy atom. The Balaban J connectivity index is 2.23. The fourth-order valence-corrected chi connectivity index (χ4v) is 1.88. The van der Waals surface area contributed by atoms with Crippen molar-refractivity contribution < 1.29 is 4.74 Å². The largest absolute Gasteiger partial charge is 0.485 e. The van der Waals surface area contributed by atoms with E-state index in [-0.39, 0.29) is 11.9 Å². The summed E-state index contributed by atoms with van der Waals surface area (Å²) < 4.78 is 5.38. The van der Waals surface area contributed by atoms with Crippen LogP contribution in [-0.2, 0) is 0 Å². The van der Waals surface area contributed by atoms with Gasteiger partial charge in [0.15, 0.2) is 5.75 Å². The van der Waals surface area contributed by atoms with Gasteiger partial charge in [-0.15, -0.1) is 0 Å². The minimum absolute atomic E-state index is 0.0787. The van der Waals surface area contributed by atoms with Gasteiger partial charge in [0.25, 0.3) is 10.9 Å². The first-order valence-corrected chi connectivity index (χ1v) is 5.57. The highest BCUT2D eigenvalue weighted by Crippen LogP contribution is 2.23. The monoisotopic (exact) mass is 224 g/mol. The number of hydrogen-bond donors (Lipinski definition) is 1. The second-order valence-electron chi connectivity index (χ2n) is 4.24. The molecule has 1 fully saturated rings. The molecule has 1 heterocycles. The van der Waals surface area contributed by atoms with Gasteiger partial charge < -0.3 is 15.0 Å². The maximum atomic E-state index is 11.5. The molecule has 0 bridgehead atoms. The highest BCUT2D eigenvalue weighted by Gasteiger charge is 2.28. The van der Waals surface area contributed by atoms with Crippen molar-refractivity contribution >= 4 is 5.69 Å². The molecule has 0 aliphatic carbocycles. The molecular formula is C11H16N2O3. The highest BCUT2D eigenvalue weighted by molar-refractivity contribution is 5.64. The van der Waals surface area contributed by atoms with E-state index in [1.54, 1.807) is 0 Å². The van der Waals surface area contributed by atoms with Crippen LogP contribution in [-0.4, -0.2) is 32.3 Å². The Kier molecular flexibility index (Phi) is 2.96. The lowest BCUT2D eigenvalue weighted by molar-refractivity contribution is 0.237. The number of anilines is 1. The fraction of sp³-hybridized carbons (Fsp3) is 0.636. The summed E-state index contributed by atoms with van der Waals surface area (Å²) in [5.74, 6) is 0.252. The third-order valence-electron chi connectivity index (χ3n) is 2.63. The molecule has 1 aliphatic rings. The molecule has 0 atom stereocenters. The Morgan fingerprint density at radius 3 is 2.38 bits per heavy atom. The number of nitrogens with one attached hydrogen (secondary N) is 1. The van der Waals surface area contributed by atoms with Crippen LogP contribution >= 0.6 is 0 Å². The third-order valence-corrected chi connectivity index (χ3v) is 2.63. The van der Waals surface area contributed by atoms with Crippen LogP contribution in [0.25, 0.3) is 0 Å². The zero-order chi connectivity index (χ0) is 11.7. The second-order valence-corrected chi connectivity index (χ2v) is 4.24. The molecule has 1 aromatic carbocycles. The predicted octanol–water partition coefficient (Wildman–Crippen LogP) is -0.521. The van der Waals surface area contributed by atoms with Crippen molar-refractivity contribution in [1.29, 1.82) is 0 Å². The molecule has 0 unspecified atom stereocenters. The number of nitrogens with zero attached hydrogens (tertiary/aromatic N) is 1. The molecule has 1 N–H and O–H groups in total. The molecule has 0 spiro atoms. The standard InChI is InChI=1S/C11H16N2O3/c1-7(2)16-11-8(9(14)10(11)15)13-5-3-12-4-6-13/h7,12H,3-6H2,1-2H3. The summed E-state index contributed by atoms with van der Waals surface area (Å²) in [5.41, 5.74) is -0.417. The molecule has 88 valence electrons. The maximum absolute atomic E-state index is 11.5. The van der Waals surface area contributed by atoms with E-state index in [1.165, 1.54) is 0 Å². The van der Waals surface area contributed by atoms with Gasteiger partial charge in [-0.05, 0) is 13.8 Å². The minimum Gasteiger partial charge on any atom is -0.485 e. The lowest BCUT2D eigenvalue weighted by atomic mass is 10.1. The van der Waals surface area contributed by atoms with Gasteiger partial charge in [-0.3, -0.25) is 9.59 Å². The zero-order valence-corrected chi connectivity index (χ0v) is 9.58. The molecule has 5 heteroatoms. The molecule has 1 aliphatic heterocycles.